The number of carbonyl (C=O) groups is 1. The molecule has 0 bridgehead atoms. The van der Waals surface area contributed by atoms with Crippen molar-refractivity contribution >= 4 is 11.7 Å². The molecular formula is C13H11N3O5. The Morgan fingerprint density at radius 3 is 2.71 bits per heavy atom. The van der Waals surface area contributed by atoms with Gasteiger partial charge in [0.05, 0.1) is 16.3 Å². The molecule has 8 nitrogen and oxygen atoms in total. The SMILES string of the molecule is Cc1cnc(C)c(Oc2ccc([N+](=O)[O-])c(C(=O)O)c2)n1. The summed E-state index contributed by atoms with van der Waals surface area (Å²) in [5, 5.41) is 19.8. The van der Waals surface area contributed by atoms with E-state index in [0.29, 0.717) is 11.4 Å². The number of aryl methyl sites for hydroxylation is 2. The number of hydrogen-bond donors (Lipinski definition) is 1. The summed E-state index contributed by atoms with van der Waals surface area (Å²) >= 11 is 0. The van der Waals surface area contributed by atoms with E-state index in [1.807, 2.05) is 0 Å². The van der Waals surface area contributed by atoms with Gasteiger partial charge in [-0.1, -0.05) is 0 Å². The van der Waals surface area contributed by atoms with Crippen LogP contribution in [0.5, 0.6) is 11.6 Å². The minimum Gasteiger partial charge on any atom is -0.477 e. The molecule has 0 aliphatic heterocycles. The number of benzene rings is 1. The fourth-order valence-corrected chi connectivity index (χ4v) is 1.63. The summed E-state index contributed by atoms with van der Waals surface area (Å²) in [4.78, 5) is 29.3. The van der Waals surface area contributed by atoms with Gasteiger partial charge in [0.2, 0.25) is 5.88 Å². The molecule has 1 aromatic heterocycles. The van der Waals surface area contributed by atoms with Crippen LogP contribution in [0, 0.1) is 24.0 Å². The second kappa shape index (κ2) is 5.53. The van der Waals surface area contributed by atoms with Crippen LogP contribution in [0.2, 0.25) is 0 Å². The standard InChI is InChI=1S/C13H11N3O5/c1-7-6-14-8(2)12(15-7)21-9-3-4-11(16(19)20)10(5-9)13(17)18/h3-6H,1-2H3,(H,17,18). The van der Waals surface area contributed by atoms with Crippen LogP contribution >= 0.6 is 0 Å². The van der Waals surface area contributed by atoms with Crippen molar-refractivity contribution in [3.05, 3.63) is 51.5 Å². The van der Waals surface area contributed by atoms with Gasteiger partial charge in [-0.3, -0.25) is 15.1 Å². The maximum absolute atomic E-state index is 11.1. The number of rotatable bonds is 4. The molecule has 0 fully saturated rings. The largest absolute Gasteiger partial charge is 0.477 e. The molecule has 0 saturated heterocycles. The topological polar surface area (TPSA) is 115 Å². The zero-order valence-corrected chi connectivity index (χ0v) is 11.2. The smallest absolute Gasteiger partial charge is 0.342 e. The molecule has 0 amide bonds. The number of aromatic carboxylic acids is 1. The molecule has 1 heterocycles. The van der Waals surface area contributed by atoms with Crippen molar-refractivity contribution < 1.29 is 19.6 Å². The highest BCUT2D eigenvalue weighted by atomic mass is 16.6. The summed E-state index contributed by atoms with van der Waals surface area (Å²) in [6.45, 7) is 3.42. The molecule has 0 aliphatic rings. The maximum Gasteiger partial charge on any atom is 0.342 e. The van der Waals surface area contributed by atoms with E-state index >= 15 is 0 Å². The Labute approximate surface area is 119 Å². The van der Waals surface area contributed by atoms with Gasteiger partial charge in [-0.25, -0.2) is 9.78 Å². The molecule has 0 radical (unpaired) electrons. The highest BCUT2D eigenvalue weighted by molar-refractivity contribution is 5.92. The summed E-state index contributed by atoms with van der Waals surface area (Å²) in [7, 11) is 0. The van der Waals surface area contributed by atoms with Gasteiger partial charge in [0.1, 0.15) is 11.3 Å². The molecule has 2 rings (SSSR count). The fourth-order valence-electron chi connectivity index (χ4n) is 1.63. The normalized spacial score (nSPS) is 10.2. The summed E-state index contributed by atoms with van der Waals surface area (Å²) in [6.07, 6.45) is 1.57. The molecule has 1 N–H and O–H groups in total. The van der Waals surface area contributed by atoms with E-state index in [4.69, 9.17) is 9.84 Å². The third-order valence-electron chi connectivity index (χ3n) is 2.64. The van der Waals surface area contributed by atoms with E-state index in [2.05, 4.69) is 9.97 Å². The van der Waals surface area contributed by atoms with Crippen molar-refractivity contribution in [2.24, 2.45) is 0 Å². The lowest BCUT2D eigenvalue weighted by Gasteiger charge is -2.08. The lowest BCUT2D eigenvalue weighted by atomic mass is 10.1. The summed E-state index contributed by atoms with van der Waals surface area (Å²) in [6, 6.07) is 3.48. The second-order valence-corrected chi connectivity index (χ2v) is 4.25. The quantitative estimate of drug-likeness (QED) is 0.678. The zero-order chi connectivity index (χ0) is 15.6. The van der Waals surface area contributed by atoms with E-state index in [0.717, 1.165) is 12.1 Å². The molecule has 0 atom stereocenters. The third kappa shape index (κ3) is 3.11. The van der Waals surface area contributed by atoms with Crippen molar-refractivity contribution in [1.29, 1.82) is 0 Å². The van der Waals surface area contributed by atoms with Crippen molar-refractivity contribution in [2.75, 3.05) is 0 Å². The molecular weight excluding hydrogens is 278 g/mol. The number of carboxylic acids is 1. The first kappa shape index (κ1) is 14.4. The Morgan fingerprint density at radius 1 is 1.38 bits per heavy atom. The van der Waals surface area contributed by atoms with E-state index in [1.165, 1.54) is 6.07 Å². The van der Waals surface area contributed by atoms with E-state index < -0.39 is 22.1 Å². The Hall–Kier alpha value is -3.03. The molecule has 8 heteroatoms. The highest BCUT2D eigenvalue weighted by Crippen LogP contribution is 2.28. The van der Waals surface area contributed by atoms with Crippen LogP contribution in [0.25, 0.3) is 0 Å². The summed E-state index contributed by atoms with van der Waals surface area (Å²) < 4.78 is 5.46. The molecule has 0 aliphatic carbocycles. The van der Waals surface area contributed by atoms with Crippen molar-refractivity contribution in [3.8, 4) is 11.6 Å². The maximum atomic E-state index is 11.1. The van der Waals surface area contributed by atoms with Gasteiger partial charge in [-0.15, -0.1) is 0 Å². The van der Waals surface area contributed by atoms with Gasteiger partial charge in [0, 0.05) is 18.3 Å². The molecule has 0 unspecified atom stereocenters. The predicted molar refractivity (Wildman–Crippen MR) is 71.6 cm³/mol. The minimum absolute atomic E-state index is 0.140. The zero-order valence-electron chi connectivity index (χ0n) is 11.2. The first-order valence-corrected chi connectivity index (χ1v) is 5.88. The first-order valence-electron chi connectivity index (χ1n) is 5.88. The predicted octanol–water partition coefficient (Wildman–Crippen LogP) is 2.49. The number of nitro groups is 1. The number of carboxylic acid groups (broad SMARTS) is 1. The number of nitro benzene ring substituents is 1. The number of aromatic nitrogens is 2. The Kier molecular flexibility index (Phi) is 3.79. The average Bonchev–Trinajstić information content (AvgIpc) is 2.42. The highest BCUT2D eigenvalue weighted by Gasteiger charge is 2.21. The monoisotopic (exact) mass is 289 g/mol. The van der Waals surface area contributed by atoms with E-state index in [9.17, 15) is 14.9 Å². The van der Waals surface area contributed by atoms with Gasteiger partial charge in [0.15, 0.2) is 0 Å². The lowest BCUT2D eigenvalue weighted by molar-refractivity contribution is -0.385. The molecule has 0 saturated carbocycles. The van der Waals surface area contributed by atoms with Gasteiger partial charge < -0.3 is 9.84 Å². The Balaban J connectivity index is 2.41. The van der Waals surface area contributed by atoms with Crippen LogP contribution in [0.3, 0.4) is 0 Å². The Morgan fingerprint density at radius 2 is 2.10 bits per heavy atom. The van der Waals surface area contributed by atoms with Gasteiger partial charge in [-0.05, 0) is 19.9 Å². The van der Waals surface area contributed by atoms with Crippen LogP contribution in [0.1, 0.15) is 21.7 Å². The third-order valence-corrected chi connectivity index (χ3v) is 2.64. The minimum atomic E-state index is -1.40. The van der Waals surface area contributed by atoms with Crippen molar-refractivity contribution in [1.82, 2.24) is 9.97 Å². The fraction of sp³-hybridized carbons (Fsp3) is 0.154. The first-order chi connectivity index (χ1) is 9.88. The number of nitrogens with zero attached hydrogens (tertiary/aromatic N) is 3. The van der Waals surface area contributed by atoms with Crippen LogP contribution in [0.15, 0.2) is 24.4 Å². The lowest BCUT2D eigenvalue weighted by Crippen LogP contribution is -2.03. The van der Waals surface area contributed by atoms with Crippen molar-refractivity contribution in [3.63, 3.8) is 0 Å². The molecule has 1 aromatic carbocycles. The van der Waals surface area contributed by atoms with Gasteiger partial charge in [-0.2, -0.15) is 0 Å². The molecule has 108 valence electrons. The molecule has 2 aromatic rings. The van der Waals surface area contributed by atoms with Gasteiger partial charge >= 0.3 is 5.97 Å². The average molecular weight is 289 g/mol. The summed E-state index contributed by atoms with van der Waals surface area (Å²) in [5.74, 6) is -1.04. The van der Waals surface area contributed by atoms with Crippen LogP contribution in [0.4, 0.5) is 5.69 Å². The van der Waals surface area contributed by atoms with E-state index in [-0.39, 0.29) is 11.6 Å². The Bertz CT molecular complexity index is 730. The van der Waals surface area contributed by atoms with Crippen LogP contribution < -0.4 is 4.74 Å². The molecule has 0 spiro atoms. The van der Waals surface area contributed by atoms with Crippen LogP contribution in [-0.4, -0.2) is 26.0 Å². The summed E-state index contributed by atoms with van der Waals surface area (Å²) in [5.41, 5.74) is 0.212. The van der Waals surface area contributed by atoms with Gasteiger partial charge in [0.25, 0.3) is 5.69 Å². The van der Waals surface area contributed by atoms with Crippen molar-refractivity contribution in [2.45, 2.75) is 13.8 Å². The molecule has 21 heavy (non-hydrogen) atoms. The van der Waals surface area contributed by atoms with E-state index in [1.54, 1.807) is 20.0 Å². The number of hydrogen-bond acceptors (Lipinski definition) is 6. The second-order valence-electron chi connectivity index (χ2n) is 4.25. The van der Waals surface area contributed by atoms with Crippen LogP contribution in [-0.2, 0) is 0 Å². The number of ether oxygens (including phenoxy) is 1.